The van der Waals surface area contributed by atoms with Crippen LogP contribution in [0.15, 0.2) is 41.6 Å². The number of nitro groups is 1. The summed E-state index contributed by atoms with van der Waals surface area (Å²) in [5, 5.41) is 23.0. The molecule has 51 heavy (non-hydrogen) atoms. The van der Waals surface area contributed by atoms with E-state index in [4.69, 9.17) is 43.5 Å². The van der Waals surface area contributed by atoms with Gasteiger partial charge in [0.2, 0.25) is 23.5 Å². The van der Waals surface area contributed by atoms with E-state index in [1.165, 1.54) is 25.0 Å². The molecule has 0 radical (unpaired) electrons. The van der Waals surface area contributed by atoms with Crippen molar-refractivity contribution in [3.8, 4) is 17.4 Å². The minimum Gasteiger partial charge on any atom is -0.481 e. The minimum atomic E-state index is -5.14. The monoisotopic (exact) mass is 791 g/mol. The van der Waals surface area contributed by atoms with Gasteiger partial charge in [0.05, 0.1) is 46.4 Å². The van der Waals surface area contributed by atoms with Crippen LogP contribution in [0.5, 0.6) is 11.8 Å². The second-order valence-electron chi connectivity index (χ2n) is 9.06. The summed E-state index contributed by atoms with van der Waals surface area (Å²) in [5.41, 5.74) is 1.03. The van der Waals surface area contributed by atoms with Crippen molar-refractivity contribution < 1.29 is 63.9 Å². The Balaban J connectivity index is 0.000000293. The molecule has 0 atom stereocenters. The summed E-state index contributed by atoms with van der Waals surface area (Å²) in [7, 11) is -2.66. The fourth-order valence-electron chi connectivity index (χ4n) is 3.53. The Kier molecular flexibility index (Phi) is 11.7. The van der Waals surface area contributed by atoms with E-state index in [9.17, 15) is 54.5 Å². The molecule has 0 saturated heterocycles. The Morgan fingerprint density at radius 3 is 1.96 bits per heavy atom. The quantitative estimate of drug-likeness (QED) is 0.106. The summed E-state index contributed by atoms with van der Waals surface area (Å²) in [6, 6.07) is 1.69. The van der Waals surface area contributed by atoms with Gasteiger partial charge in [-0.15, -0.1) is 0 Å². The fourth-order valence-corrected chi connectivity index (χ4v) is 5.23. The van der Waals surface area contributed by atoms with Gasteiger partial charge >= 0.3 is 30.0 Å². The number of sulfonamides is 1. The predicted molar refractivity (Wildman–Crippen MR) is 160 cm³/mol. The first-order chi connectivity index (χ1) is 23.5. The van der Waals surface area contributed by atoms with Crippen LogP contribution in [0.2, 0.25) is 10.0 Å². The molecule has 1 aromatic carbocycles. The Labute approximate surface area is 289 Å². The Bertz CT molecular complexity index is 2070. The van der Waals surface area contributed by atoms with Crippen molar-refractivity contribution in [2.24, 2.45) is 0 Å². The number of aromatic carboxylic acids is 1. The summed E-state index contributed by atoms with van der Waals surface area (Å²) in [4.78, 5) is 43.3. The number of halogens is 8. The number of amides is 2. The number of methoxy groups -OCH3 is 2. The number of nitrogens with zero attached hydrogens (tertiary/aromatic N) is 6. The number of nitrogens with one attached hydrogen (secondary N) is 2. The van der Waals surface area contributed by atoms with E-state index < -0.39 is 78.6 Å². The average Bonchev–Trinajstić information content (AvgIpc) is 3.40. The lowest BCUT2D eigenvalue weighted by Crippen LogP contribution is -2.36. The third kappa shape index (κ3) is 9.51. The minimum absolute atomic E-state index is 0.0623. The number of ether oxygens (including phenoxy) is 2. The molecule has 27 heteroatoms. The fraction of sp³-hybridized carbons (Fsp3) is 0.167. The zero-order valence-corrected chi connectivity index (χ0v) is 27.2. The number of benzene rings is 1. The lowest BCUT2D eigenvalue weighted by Gasteiger charge is -2.12. The highest BCUT2D eigenvalue weighted by molar-refractivity contribution is 7.90. The van der Waals surface area contributed by atoms with Gasteiger partial charge in [0, 0.05) is 0 Å². The van der Waals surface area contributed by atoms with Crippen molar-refractivity contribution in [1.29, 1.82) is 0 Å². The van der Waals surface area contributed by atoms with E-state index in [0.717, 1.165) is 10.9 Å². The van der Waals surface area contributed by atoms with Crippen molar-refractivity contribution in [3.05, 3.63) is 73.5 Å². The molecule has 0 aliphatic heterocycles. The number of aromatic nitrogens is 5. The van der Waals surface area contributed by atoms with E-state index in [2.05, 4.69) is 20.1 Å². The van der Waals surface area contributed by atoms with E-state index >= 15 is 0 Å². The van der Waals surface area contributed by atoms with Crippen LogP contribution in [0.1, 0.15) is 21.6 Å². The van der Waals surface area contributed by atoms with Crippen LogP contribution in [0, 0.1) is 10.1 Å². The number of alkyl halides is 6. The molecule has 0 fully saturated rings. The van der Waals surface area contributed by atoms with Crippen molar-refractivity contribution in [2.75, 3.05) is 25.3 Å². The number of hydrogen-bond acceptors (Lipinski definition) is 13. The van der Waals surface area contributed by atoms with Crippen molar-refractivity contribution in [1.82, 2.24) is 29.5 Å². The van der Waals surface area contributed by atoms with Crippen molar-refractivity contribution >= 4 is 62.7 Å². The number of nitrogen functional groups attached to an aromatic ring is 1. The van der Waals surface area contributed by atoms with E-state index in [0.29, 0.717) is 24.3 Å². The molecule has 0 aliphatic carbocycles. The maximum absolute atomic E-state index is 12.8. The highest BCUT2D eigenvalue weighted by Gasteiger charge is 2.37. The summed E-state index contributed by atoms with van der Waals surface area (Å²) < 4.78 is 113. The highest BCUT2D eigenvalue weighted by atomic mass is 35.5. The standard InChI is InChI=1S/C14H12F3N5O7S.C10H5Cl2F3N4O2/c1-28-8-5-9(29-2)20-12(19-8)21-13(25)22-30(26,27)10-6(11(23)24)3-4-7(18-10)14(15,16)17;11-5-1-4(10(13,14)15)2-6(12)8(5)18-9(16)7(3-17-18)19(20)21/h3-5H,1-2H3,(H,23,24)(H2,19,20,21,22,25);1-3H,16H2. The topological polar surface area (TPSA) is 257 Å². The molecule has 3 aromatic heterocycles. The number of anilines is 2. The first-order valence-corrected chi connectivity index (χ1v) is 14.9. The number of rotatable bonds is 8. The average molecular weight is 792 g/mol. The van der Waals surface area contributed by atoms with Gasteiger partial charge in [0.15, 0.2) is 5.03 Å². The van der Waals surface area contributed by atoms with Gasteiger partial charge in [0.1, 0.15) is 17.6 Å². The summed E-state index contributed by atoms with van der Waals surface area (Å²) in [5.74, 6) is -2.88. The summed E-state index contributed by atoms with van der Waals surface area (Å²) in [6.07, 6.45) is -8.85. The Morgan fingerprint density at radius 1 is 0.980 bits per heavy atom. The Morgan fingerprint density at radius 2 is 1.53 bits per heavy atom. The van der Waals surface area contributed by atoms with Gasteiger partial charge in [-0.1, -0.05) is 23.2 Å². The van der Waals surface area contributed by atoms with Crippen molar-refractivity contribution in [3.63, 3.8) is 0 Å². The van der Waals surface area contributed by atoms with Crippen LogP contribution in [-0.2, 0) is 22.4 Å². The lowest BCUT2D eigenvalue weighted by atomic mass is 10.2. The van der Waals surface area contributed by atoms with Crippen LogP contribution in [0.3, 0.4) is 0 Å². The molecule has 0 saturated carbocycles. The molecular weight excluding hydrogens is 775 g/mol. The molecule has 18 nitrogen and oxygen atoms in total. The maximum Gasteiger partial charge on any atom is 0.433 e. The third-order valence-corrected chi connectivity index (χ3v) is 7.57. The number of hydrogen-bond donors (Lipinski definition) is 4. The summed E-state index contributed by atoms with van der Waals surface area (Å²) in [6.45, 7) is 0. The van der Waals surface area contributed by atoms with E-state index in [1.807, 2.05) is 5.32 Å². The lowest BCUT2D eigenvalue weighted by molar-refractivity contribution is -0.383. The van der Waals surface area contributed by atoms with Gasteiger partial charge in [-0.2, -0.15) is 49.8 Å². The SMILES string of the molecule is COc1cc(OC)nc(NC(=O)NS(=O)(=O)c2nc(C(F)(F)F)ccc2C(=O)O)n1.Nc1c([N+](=O)[O-])cnn1-c1c(Cl)cc(C(F)(F)F)cc1Cl. The molecule has 2 amide bonds. The second kappa shape index (κ2) is 15.1. The van der Waals surface area contributed by atoms with Crippen molar-refractivity contribution in [2.45, 2.75) is 17.4 Å². The van der Waals surface area contributed by atoms with Crippen LogP contribution in [0.25, 0.3) is 5.69 Å². The van der Waals surface area contributed by atoms with Crippen LogP contribution >= 0.6 is 23.2 Å². The van der Waals surface area contributed by atoms with Gasteiger partial charge in [-0.05, 0) is 24.3 Å². The van der Waals surface area contributed by atoms with E-state index in [1.54, 1.807) is 0 Å². The number of nitrogens with two attached hydrogens (primary N) is 1. The molecule has 0 unspecified atom stereocenters. The smallest absolute Gasteiger partial charge is 0.433 e. The first kappa shape index (κ1) is 39.7. The number of carbonyl (C=O) groups excluding carboxylic acids is 1. The number of carbonyl (C=O) groups is 2. The molecule has 5 N–H and O–H groups in total. The molecule has 4 aromatic rings. The molecular formula is C24H17Cl2F6N9O9S. The summed E-state index contributed by atoms with van der Waals surface area (Å²) >= 11 is 11.5. The van der Waals surface area contributed by atoms with Gasteiger partial charge in [-0.3, -0.25) is 15.4 Å². The molecule has 0 bridgehead atoms. The zero-order chi connectivity index (χ0) is 38.6. The highest BCUT2D eigenvalue weighted by Crippen LogP contribution is 2.39. The Hall–Kier alpha value is -5.69. The number of pyridine rings is 1. The van der Waals surface area contributed by atoms with Crippen LogP contribution in [0.4, 0.5) is 48.6 Å². The van der Waals surface area contributed by atoms with Gasteiger partial charge in [-0.25, -0.2) is 24.0 Å². The van der Waals surface area contributed by atoms with E-state index in [-0.39, 0.29) is 27.5 Å². The predicted octanol–water partition coefficient (Wildman–Crippen LogP) is 4.80. The molecule has 0 aliphatic rings. The molecule has 274 valence electrons. The first-order valence-electron chi connectivity index (χ1n) is 12.7. The largest absolute Gasteiger partial charge is 0.481 e. The maximum atomic E-state index is 12.8. The number of carboxylic acids is 1. The van der Waals surface area contributed by atoms with Gasteiger partial charge < -0.3 is 20.3 Å². The van der Waals surface area contributed by atoms with Crippen LogP contribution in [-0.4, -0.2) is 69.4 Å². The molecule has 3 heterocycles. The normalized spacial score (nSPS) is 11.6. The van der Waals surface area contributed by atoms with Gasteiger partial charge in [0.25, 0.3) is 10.0 Å². The zero-order valence-electron chi connectivity index (χ0n) is 24.9. The number of urea groups is 1. The van der Waals surface area contributed by atoms with Crippen LogP contribution < -0.4 is 25.2 Å². The number of carboxylic acid groups (broad SMARTS) is 1. The third-order valence-electron chi connectivity index (χ3n) is 5.72. The molecule has 0 spiro atoms. The molecule has 4 rings (SSSR count). The second-order valence-corrected chi connectivity index (χ2v) is 11.5.